The summed E-state index contributed by atoms with van der Waals surface area (Å²) in [6.07, 6.45) is 3.66. The van der Waals surface area contributed by atoms with Crippen LogP contribution in [0.1, 0.15) is 49.4 Å². The van der Waals surface area contributed by atoms with Crippen LogP contribution in [0.4, 0.5) is 0 Å². The molecule has 2 aromatic rings. The molecule has 0 aliphatic heterocycles. The van der Waals surface area contributed by atoms with Crippen LogP contribution < -0.4 is 0 Å². The van der Waals surface area contributed by atoms with Crippen molar-refractivity contribution in [2.24, 2.45) is 0 Å². The first kappa shape index (κ1) is 18.4. The fourth-order valence-electron chi connectivity index (χ4n) is 2.03. The standard InChI is InChI=1S/C15H18BrN3O2.CH4/c1-3-5-12-8-13(15(20)21-4-2)18-19(12)10-11-6-7-14(16)17-9-11;/h6-9H,3-5,10H2,1-2H3;1H4. The van der Waals surface area contributed by atoms with Crippen molar-refractivity contribution in [3.05, 3.63) is 46.0 Å². The maximum absolute atomic E-state index is 11.8. The van der Waals surface area contributed by atoms with Gasteiger partial charge in [0.2, 0.25) is 0 Å². The molecule has 2 heterocycles. The number of nitrogens with zero attached hydrogens (tertiary/aromatic N) is 3. The number of rotatable bonds is 6. The second-order valence-electron chi connectivity index (χ2n) is 4.64. The molecule has 6 heteroatoms. The van der Waals surface area contributed by atoms with Crippen molar-refractivity contribution >= 4 is 21.9 Å². The predicted octanol–water partition coefficient (Wildman–Crippen LogP) is 3.85. The van der Waals surface area contributed by atoms with E-state index in [-0.39, 0.29) is 13.4 Å². The fraction of sp³-hybridized carbons (Fsp3) is 0.438. The van der Waals surface area contributed by atoms with Gasteiger partial charge in [0.1, 0.15) is 4.60 Å². The van der Waals surface area contributed by atoms with E-state index in [4.69, 9.17) is 4.74 Å². The van der Waals surface area contributed by atoms with Crippen molar-refractivity contribution in [2.45, 2.75) is 40.7 Å². The quantitative estimate of drug-likeness (QED) is 0.574. The minimum Gasteiger partial charge on any atom is -0.461 e. The van der Waals surface area contributed by atoms with Crippen molar-refractivity contribution < 1.29 is 9.53 Å². The normalized spacial score (nSPS) is 10.1. The molecule has 0 unspecified atom stereocenters. The van der Waals surface area contributed by atoms with Gasteiger partial charge in [-0.3, -0.25) is 4.68 Å². The van der Waals surface area contributed by atoms with Gasteiger partial charge < -0.3 is 4.74 Å². The molecule has 22 heavy (non-hydrogen) atoms. The van der Waals surface area contributed by atoms with E-state index in [0.29, 0.717) is 18.8 Å². The lowest BCUT2D eigenvalue weighted by atomic mass is 10.2. The van der Waals surface area contributed by atoms with Gasteiger partial charge in [-0.25, -0.2) is 9.78 Å². The number of pyridine rings is 1. The molecule has 0 aliphatic rings. The zero-order chi connectivity index (χ0) is 15.2. The predicted molar refractivity (Wildman–Crippen MR) is 89.9 cm³/mol. The van der Waals surface area contributed by atoms with Crippen molar-refractivity contribution in [3.63, 3.8) is 0 Å². The number of halogens is 1. The molecule has 0 saturated heterocycles. The average molecular weight is 368 g/mol. The highest BCUT2D eigenvalue weighted by Crippen LogP contribution is 2.13. The number of hydrogen-bond acceptors (Lipinski definition) is 4. The van der Waals surface area contributed by atoms with Crippen LogP contribution in [-0.2, 0) is 17.7 Å². The van der Waals surface area contributed by atoms with Gasteiger partial charge >= 0.3 is 5.97 Å². The Balaban J connectivity index is 0.00000242. The molecule has 0 atom stereocenters. The lowest BCUT2D eigenvalue weighted by molar-refractivity contribution is 0.0518. The summed E-state index contributed by atoms with van der Waals surface area (Å²) >= 11 is 3.32. The Morgan fingerprint density at radius 2 is 2.14 bits per heavy atom. The molecular formula is C16H22BrN3O2. The highest BCUT2D eigenvalue weighted by atomic mass is 79.9. The molecule has 0 fully saturated rings. The molecule has 0 saturated carbocycles. The molecule has 2 rings (SSSR count). The second-order valence-corrected chi connectivity index (χ2v) is 5.45. The Morgan fingerprint density at radius 1 is 1.36 bits per heavy atom. The van der Waals surface area contributed by atoms with Gasteiger partial charge in [0.25, 0.3) is 0 Å². The topological polar surface area (TPSA) is 57.0 Å². The first-order chi connectivity index (χ1) is 10.1. The zero-order valence-corrected chi connectivity index (χ0v) is 13.8. The lowest BCUT2D eigenvalue weighted by Crippen LogP contribution is -2.09. The van der Waals surface area contributed by atoms with Gasteiger partial charge in [-0.1, -0.05) is 26.8 Å². The van der Waals surface area contributed by atoms with Crippen LogP contribution in [0.3, 0.4) is 0 Å². The van der Waals surface area contributed by atoms with Crippen LogP contribution in [0.2, 0.25) is 0 Å². The first-order valence-electron chi connectivity index (χ1n) is 6.98. The highest BCUT2D eigenvalue weighted by Gasteiger charge is 2.15. The molecule has 120 valence electrons. The van der Waals surface area contributed by atoms with Crippen molar-refractivity contribution in [3.8, 4) is 0 Å². The maximum Gasteiger partial charge on any atom is 0.358 e. The summed E-state index contributed by atoms with van der Waals surface area (Å²) in [5.41, 5.74) is 2.43. The van der Waals surface area contributed by atoms with E-state index in [1.54, 1.807) is 13.1 Å². The Hall–Kier alpha value is -1.69. The van der Waals surface area contributed by atoms with Crippen molar-refractivity contribution in [1.29, 1.82) is 0 Å². The summed E-state index contributed by atoms with van der Waals surface area (Å²) in [6.45, 7) is 4.83. The number of hydrogen-bond donors (Lipinski definition) is 0. The van der Waals surface area contributed by atoms with Crippen LogP contribution in [0, 0.1) is 0 Å². The van der Waals surface area contributed by atoms with E-state index in [0.717, 1.165) is 28.7 Å². The smallest absolute Gasteiger partial charge is 0.358 e. The van der Waals surface area contributed by atoms with Crippen LogP contribution in [0.25, 0.3) is 0 Å². The summed E-state index contributed by atoms with van der Waals surface area (Å²) in [4.78, 5) is 16.0. The van der Waals surface area contributed by atoms with E-state index in [2.05, 4.69) is 32.9 Å². The Kier molecular flexibility index (Phi) is 7.24. The summed E-state index contributed by atoms with van der Waals surface area (Å²) in [7, 11) is 0. The monoisotopic (exact) mass is 367 g/mol. The number of esters is 1. The fourth-order valence-corrected chi connectivity index (χ4v) is 2.26. The van der Waals surface area contributed by atoms with E-state index in [9.17, 15) is 4.79 Å². The summed E-state index contributed by atoms with van der Waals surface area (Å²) in [6, 6.07) is 5.69. The van der Waals surface area contributed by atoms with Gasteiger partial charge in [-0.05, 0) is 47.0 Å². The van der Waals surface area contributed by atoms with Crippen molar-refractivity contribution in [1.82, 2.24) is 14.8 Å². The van der Waals surface area contributed by atoms with Crippen molar-refractivity contribution in [2.75, 3.05) is 6.61 Å². The van der Waals surface area contributed by atoms with E-state index >= 15 is 0 Å². The van der Waals surface area contributed by atoms with Gasteiger partial charge in [-0.15, -0.1) is 0 Å². The van der Waals surface area contributed by atoms with Gasteiger partial charge in [0.05, 0.1) is 13.2 Å². The molecular weight excluding hydrogens is 346 g/mol. The molecule has 0 aromatic carbocycles. The van der Waals surface area contributed by atoms with Gasteiger partial charge in [0, 0.05) is 11.9 Å². The maximum atomic E-state index is 11.8. The summed E-state index contributed by atoms with van der Waals surface area (Å²) in [5.74, 6) is -0.373. The molecule has 0 aliphatic carbocycles. The number of aromatic nitrogens is 3. The molecule has 0 N–H and O–H groups in total. The summed E-state index contributed by atoms with van der Waals surface area (Å²) < 4.78 is 7.65. The van der Waals surface area contributed by atoms with E-state index < -0.39 is 0 Å². The molecule has 5 nitrogen and oxygen atoms in total. The van der Waals surface area contributed by atoms with E-state index in [1.807, 2.05) is 22.9 Å². The number of ether oxygens (including phenoxy) is 1. The minimum atomic E-state index is -0.373. The SMILES string of the molecule is C.CCCc1cc(C(=O)OCC)nn1Cc1ccc(Br)nc1. The highest BCUT2D eigenvalue weighted by molar-refractivity contribution is 9.10. The number of carbonyl (C=O) groups excluding carboxylic acids is 1. The second kappa shape index (κ2) is 8.68. The van der Waals surface area contributed by atoms with E-state index in [1.165, 1.54) is 0 Å². The zero-order valence-electron chi connectivity index (χ0n) is 12.2. The largest absolute Gasteiger partial charge is 0.461 e. The third-order valence-corrected chi connectivity index (χ3v) is 3.44. The third-order valence-electron chi connectivity index (χ3n) is 2.98. The molecule has 0 amide bonds. The Bertz CT molecular complexity index is 608. The molecule has 0 spiro atoms. The third kappa shape index (κ3) is 4.66. The molecule has 0 radical (unpaired) electrons. The van der Waals surface area contributed by atoms with Crippen LogP contribution in [-0.4, -0.2) is 27.3 Å². The number of carbonyl (C=O) groups is 1. The van der Waals surface area contributed by atoms with Crippen LogP contribution in [0.5, 0.6) is 0 Å². The minimum absolute atomic E-state index is 0. The summed E-state index contributed by atoms with van der Waals surface area (Å²) in [5, 5.41) is 4.37. The van der Waals surface area contributed by atoms with Crippen LogP contribution >= 0.6 is 15.9 Å². The van der Waals surface area contributed by atoms with Gasteiger partial charge in [0.15, 0.2) is 5.69 Å². The number of aryl methyl sites for hydroxylation is 1. The van der Waals surface area contributed by atoms with Crippen LogP contribution in [0.15, 0.2) is 29.0 Å². The first-order valence-corrected chi connectivity index (χ1v) is 7.77. The van der Waals surface area contributed by atoms with Gasteiger partial charge in [-0.2, -0.15) is 5.10 Å². The lowest BCUT2D eigenvalue weighted by Gasteiger charge is -2.06. The Labute approximate surface area is 139 Å². The molecule has 2 aromatic heterocycles. The Morgan fingerprint density at radius 3 is 2.73 bits per heavy atom. The molecule has 0 bridgehead atoms. The average Bonchev–Trinajstić information content (AvgIpc) is 2.85.